The molecule has 4 aromatic carbocycles. The van der Waals surface area contributed by atoms with Crippen molar-refractivity contribution in [3.05, 3.63) is 131 Å². The third kappa shape index (κ3) is 6.28. The molecular weight excluding hydrogens is 528 g/mol. The van der Waals surface area contributed by atoms with E-state index in [1.54, 1.807) is 30.5 Å². The number of hydrogen-bond acceptors (Lipinski definition) is 6. The molecule has 0 aliphatic heterocycles. The number of anilines is 1. The van der Waals surface area contributed by atoms with Crippen molar-refractivity contribution in [2.24, 2.45) is 5.10 Å². The van der Waals surface area contributed by atoms with Gasteiger partial charge in [0.05, 0.1) is 24.2 Å². The quantitative estimate of drug-likeness (QED) is 0.167. The third-order valence-corrected chi connectivity index (χ3v) is 6.53. The number of aromatic nitrogens is 2. The lowest BCUT2D eigenvalue weighted by atomic mass is 10.1. The summed E-state index contributed by atoms with van der Waals surface area (Å²) >= 11 is 0. The molecule has 1 N–H and O–H groups in total. The number of fused-ring (bicyclic) bond motifs is 1. The fraction of sp³-hybridized carbons (Fsp3) is 0.118. The zero-order valence-electron chi connectivity index (χ0n) is 23.4. The molecule has 0 spiro atoms. The molecule has 5 aromatic rings. The lowest BCUT2D eigenvalue weighted by molar-refractivity contribution is -0.118. The van der Waals surface area contributed by atoms with Crippen LogP contribution in [0.1, 0.15) is 16.7 Å². The molecule has 42 heavy (non-hydrogen) atoms. The Bertz CT molecular complexity index is 1830. The number of ether oxygens (including phenoxy) is 2. The molecule has 0 aliphatic carbocycles. The van der Waals surface area contributed by atoms with Gasteiger partial charge in [0, 0.05) is 16.8 Å². The number of allylic oxidation sites excluding steroid dienone is 1. The smallest absolute Gasteiger partial charge is 0.282 e. The van der Waals surface area contributed by atoms with Gasteiger partial charge in [0.25, 0.3) is 11.5 Å². The van der Waals surface area contributed by atoms with Crippen molar-refractivity contribution >= 4 is 28.7 Å². The Morgan fingerprint density at radius 1 is 1.02 bits per heavy atom. The van der Waals surface area contributed by atoms with E-state index in [1.807, 2.05) is 79.7 Å². The summed E-state index contributed by atoms with van der Waals surface area (Å²) in [7, 11) is 1.53. The average molecular weight is 559 g/mol. The topological polar surface area (TPSA) is 94.8 Å². The zero-order valence-corrected chi connectivity index (χ0v) is 23.4. The van der Waals surface area contributed by atoms with E-state index in [4.69, 9.17) is 14.5 Å². The fourth-order valence-electron chi connectivity index (χ4n) is 4.48. The molecule has 0 aliphatic rings. The Balaban J connectivity index is 1.47. The fourth-order valence-corrected chi connectivity index (χ4v) is 4.48. The molecule has 1 aromatic heterocycles. The maximum Gasteiger partial charge on any atom is 0.282 e. The highest BCUT2D eigenvalue weighted by Gasteiger charge is 2.16. The molecule has 0 atom stereocenters. The highest BCUT2D eigenvalue weighted by atomic mass is 16.5. The summed E-state index contributed by atoms with van der Waals surface area (Å²) in [5.41, 5.74) is 4.27. The summed E-state index contributed by atoms with van der Waals surface area (Å²) in [5.74, 6) is 0.982. The van der Waals surface area contributed by atoms with Crippen molar-refractivity contribution in [3.8, 4) is 22.9 Å². The predicted molar refractivity (Wildman–Crippen MR) is 167 cm³/mol. The van der Waals surface area contributed by atoms with Gasteiger partial charge in [-0.2, -0.15) is 9.78 Å². The molecule has 1 amide bonds. The first-order chi connectivity index (χ1) is 20.5. The number of nitrogens with zero attached hydrogens (tertiary/aromatic N) is 3. The van der Waals surface area contributed by atoms with Crippen molar-refractivity contribution in [1.82, 2.24) is 9.66 Å². The number of methoxy groups -OCH3 is 1. The zero-order chi connectivity index (χ0) is 29.5. The monoisotopic (exact) mass is 558 g/mol. The minimum atomic E-state index is -0.298. The lowest BCUT2D eigenvalue weighted by Crippen LogP contribution is -2.21. The molecule has 5 rings (SSSR count). The van der Waals surface area contributed by atoms with Crippen LogP contribution in [0.25, 0.3) is 22.3 Å². The van der Waals surface area contributed by atoms with E-state index < -0.39 is 0 Å². The number of para-hydroxylation sites is 1. The summed E-state index contributed by atoms with van der Waals surface area (Å²) in [4.78, 5) is 30.8. The second-order valence-corrected chi connectivity index (χ2v) is 9.59. The maximum atomic E-state index is 13.5. The van der Waals surface area contributed by atoms with Crippen molar-refractivity contribution in [1.29, 1.82) is 0 Å². The standard InChI is InChI=1S/C34H30N4O4/c1-4-10-26-19-24(20-30(41-3)32(26)42-22-31(39)36-27-17-15-23(2)16-18-27)21-35-38-33(25-11-6-5-7-12-25)37-29-14-9-8-13-28(29)34(38)40/h4-9,11-21H,1,10,22H2,2-3H3,(H,36,39). The van der Waals surface area contributed by atoms with Crippen LogP contribution in [-0.4, -0.2) is 35.5 Å². The maximum absolute atomic E-state index is 13.5. The van der Waals surface area contributed by atoms with Gasteiger partial charge in [-0.05, 0) is 55.3 Å². The molecule has 0 fully saturated rings. The number of nitrogens with one attached hydrogen (secondary N) is 1. The molecule has 0 bridgehead atoms. The molecule has 8 nitrogen and oxygen atoms in total. The van der Waals surface area contributed by atoms with Gasteiger partial charge in [0.1, 0.15) is 0 Å². The first-order valence-corrected chi connectivity index (χ1v) is 13.4. The van der Waals surface area contributed by atoms with Gasteiger partial charge in [-0.25, -0.2) is 4.98 Å². The highest BCUT2D eigenvalue weighted by molar-refractivity contribution is 5.92. The molecule has 0 saturated carbocycles. The van der Waals surface area contributed by atoms with E-state index in [1.165, 1.54) is 11.8 Å². The van der Waals surface area contributed by atoms with Crippen LogP contribution in [0.4, 0.5) is 5.69 Å². The highest BCUT2D eigenvalue weighted by Crippen LogP contribution is 2.33. The van der Waals surface area contributed by atoms with E-state index in [9.17, 15) is 9.59 Å². The van der Waals surface area contributed by atoms with Gasteiger partial charge in [0.2, 0.25) is 0 Å². The largest absolute Gasteiger partial charge is 0.493 e. The van der Waals surface area contributed by atoms with Crippen LogP contribution >= 0.6 is 0 Å². The van der Waals surface area contributed by atoms with Gasteiger partial charge in [-0.15, -0.1) is 6.58 Å². The predicted octanol–water partition coefficient (Wildman–Crippen LogP) is 6.01. The van der Waals surface area contributed by atoms with E-state index in [-0.39, 0.29) is 18.1 Å². The van der Waals surface area contributed by atoms with Gasteiger partial charge >= 0.3 is 0 Å². The number of amides is 1. The summed E-state index contributed by atoms with van der Waals surface area (Å²) in [6.07, 6.45) is 3.77. The van der Waals surface area contributed by atoms with Crippen LogP contribution in [-0.2, 0) is 11.2 Å². The van der Waals surface area contributed by atoms with E-state index in [0.29, 0.717) is 45.9 Å². The number of aryl methyl sites for hydroxylation is 1. The van der Waals surface area contributed by atoms with Crippen molar-refractivity contribution < 1.29 is 14.3 Å². The van der Waals surface area contributed by atoms with Crippen molar-refractivity contribution in [2.75, 3.05) is 19.0 Å². The Morgan fingerprint density at radius 2 is 1.76 bits per heavy atom. The summed E-state index contributed by atoms with van der Waals surface area (Å²) < 4.78 is 12.9. The number of carbonyl (C=O) groups excluding carboxylic acids is 1. The van der Waals surface area contributed by atoms with Gasteiger partial charge < -0.3 is 14.8 Å². The number of carbonyl (C=O) groups is 1. The molecule has 0 unspecified atom stereocenters. The van der Waals surface area contributed by atoms with Gasteiger partial charge in [-0.3, -0.25) is 9.59 Å². The van der Waals surface area contributed by atoms with Crippen LogP contribution in [0, 0.1) is 6.92 Å². The average Bonchev–Trinajstić information content (AvgIpc) is 3.01. The van der Waals surface area contributed by atoms with Crippen LogP contribution in [0.15, 0.2) is 114 Å². The second kappa shape index (κ2) is 12.8. The molecule has 0 radical (unpaired) electrons. The second-order valence-electron chi connectivity index (χ2n) is 9.59. The van der Waals surface area contributed by atoms with Crippen LogP contribution in [0.3, 0.4) is 0 Å². The first-order valence-electron chi connectivity index (χ1n) is 13.4. The third-order valence-electron chi connectivity index (χ3n) is 6.53. The Kier molecular flexibility index (Phi) is 8.53. The molecule has 1 heterocycles. The van der Waals surface area contributed by atoms with Crippen LogP contribution < -0.4 is 20.3 Å². The Morgan fingerprint density at radius 3 is 2.50 bits per heavy atom. The SMILES string of the molecule is C=CCc1cc(C=Nn2c(-c3ccccc3)nc3ccccc3c2=O)cc(OC)c1OCC(=O)Nc1ccc(C)cc1. The van der Waals surface area contributed by atoms with Crippen LogP contribution in [0.2, 0.25) is 0 Å². The summed E-state index contributed by atoms with van der Waals surface area (Å²) in [6.45, 7) is 5.63. The molecule has 210 valence electrons. The minimum absolute atomic E-state index is 0.208. The van der Waals surface area contributed by atoms with Gasteiger partial charge in [-0.1, -0.05) is 66.2 Å². The lowest BCUT2D eigenvalue weighted by Gasteiger charge is -2.16. The van der Waals surface area contributed by atoms with E-state index in [0.717, 1.165) is 16.7 Å². The Labute approximate surface area is 243 Å². The van der Waals surface area contributed by atoms with E-state index >= 15 is 0 Å². The summed E-state index contributed by atoms with van der Waals surface area (Å²) in [5, 5.41) is 7.86. The molecule has 0 saturated heterocycles. The molecular formula is C34H30N4O4. The first kappa shape index (κ1) is 28.0. The van der Waals surface area contributed by atoms with Crippen LogP contribution in [0.5, 0.6) is 11.5 Å². The number of rotatable bonds is 10. The van der Waals surface area contributed by atoms with Gasteiger partial charge in [0.15, 0.2) is 23.9 Å². The van der Waals surface area contributed by atoms with Crippen molar-refractivity contribution in [2.45, 2.75) is 13.3 Å². The number of benzene rings is 4. The summed E-state index contributed by atoms with van der Waals surface area (Å²) in [6, 6.07) is 27.8. The number of hydrogen-bond donors (Lipinski definition) is 1. The minimum Gasteiger partial charge on any atom is -0.493 e. The normalized spacial score (nSPS) is 11.0. The van der Waals surface area contributed by atoms with E-state index in [2.05, 4.69) is 17.0 Å². The molecule has 8 heteroatoms. The Hall–Kier alpha value is -5.50. The van der Waals surface area contributed by atoms with Crippen molar-refractivity contribution in [3.63, 3.8) is 0 Å².